The Bertz CT molecular complexity index is 984. The van der Waals surface area contributed by atoms with Crippen molar-refractivity contribution in [3.63, 3.8) is 0 Å². The summed E-state index contributed by atoms with van der Waals surface area (Å²) < 4.78 is 11.2. The normalized spacial score (nSPS) is 21.3. The van der Waals surface area contributed by atoms with Gasteiger partial charge in [-0.15, -0.1) is 0 Å². The standard InChI is InChI=1S/C25H32ClN5O3/c26-20-14-22-23(34-13-12-33-22)15-21(20)28-25(32)18-30-7-3-4-19(17-30)16-29-8-10-31(11-9-29)24-5-1-2-6-27-24/h1-2,5-6,14-15,19H,3-4,7-13,16-18H2,(H,28,32). The van der Waals surface area contributed by atoms with E-state index in [0.29, 0.717) is 47.9 Å². The fraction of sp³-hybridized carbons (Fsp3) is 0.520. The Morgan fingerprint density at radius 1 is 1.06 bits per heavy atom. The molecule has 2 saturated heterocycles. The average molecular weight is 486 g/mol. The van der Waals surface area contributed by atoms with Crippen LogP contribution in [0.2, 0.25) is 5.02 Å². The van der Waals surface area contributed by atoms with Crippen LogP contribution in [0.25, 0.3) is 0 Å². The monoisotopic (exact) mass is 485 g/mol. The number of hydrogen-bond acceptors (Lipinski definition) is 7. The molecule has 1 amide bonds. The number of pyridine rings is 1. The highest BCUT2D eigenvalue weighted by Gasteiger charge is 2.26. The van der Waals surface area contributed by atoms with E-state index in [-0.39, 0.29) is 5.91 Å². The van der Waals surface area contributed by atoms with Crippen LogP contribution in [0.3, 0.4) is 0 Å². The summed E-state index contributed by atoms with van der Waals surface area (Å²) in [6.07, 6.45) is 4.19. The van der Waals surface area contributed by atoms with Gasteiger partial charge in [-0.1, -0.05) is 17.7 Å². The van der Waals surface area contributed by atoms with Gasteiger partial charge in [-0.25, -0.2) is 4.98 Å². The fourth-order valence-electron chi connectivity index (χ4n) is 5.06. The van der Waals surface area contributed by atoms with Gasteiger partial charge >= 0.3 is 0 Å². The van der Waals surface area contributed by atoms with Crippen molar-refractivity contribution in [1.82, 2.24) is 14.8 Å². The van der Waals surface area contributed by atoms with Crippen LogP contribution < -0.4 is 19.7 Å². The molecule has 34 heavy (non-hydrogen) atoms. The maximum absolute atomic E-state index is 12.8. The summed E-state index contributed by atoms with van der Waals surface area (Å²) >= 11 is 6.35. The van der Waals surface area contributed by atoms with Crippen LogP contribution >= 0.6 is 11.6 Å². The van der Waals surface area contributed by atoms with E-state index >= 15 is 0 Å². The van der Waals surface area contributed by atoms with Crippen molar-refractivity contribution >= 4 is 29.0 Å². The molecule has 1 atom stereocenters. The zero-order valence-corrected chi connectivity index (χ0v) is 20.2. The molecule has 1 unspecified atom stereocenters. The topological polar surface area (TPSA) is 70.2 Å². The number of piperazine rings is 1. The van der Waals surface area contributed by atoms with Crippen molar-refractivity contribution in [2.75, 3.05) is 75.8 Å². The summed E-state index contributed by atoms with van der Waals surface area (Å²) in [4.78, 5) is 24.4. The van der Waals surface area contributed by atoms with E-state index < -0.39 is 0 Å². The molecule has 1 N–H and O–H groups in total. The maximum atomic E-state index is 12.8. The Kier molecular flexibility index (Phi) is 7.37. The molecule has 2 fully saturated rings. The third-order valence-corrected chi connectivity index (χ3v) is 7.05. The molecule has 3 aliphatic heterocycles. The van der Waals surface area contributed by atoms with Crippen LogP contribution in [0.5, 0.6) is 11.5 Å². The van der Waals surface area contributed by atoms with Gasteiger partial charge < -0.3 is 19.7 Å². The molecule has 9 heteroatoms. The molecular weight excluding hydrogens is 454 g/mol. The van der Waals surface area contributed by atoms with Crippen molar-refractivity contribution in [3.8, 4) is 11.5 Å². The number of anilines is 2. The predicted molar refractivity (Wildman–Crippen MR) is 133 cm³/mol. The molecule has 1 aromatic heterocycles. The van der Waals surface area contributed by atoms with Crippen LogP contribution in [0, 0.1) is 5.92 Å². The number of ether oxygens (including phenoxy) is 2. The second-order valence-electron chi connectivity index (χ2n) is 9.24. The number of piperidine rings is 1. The number of aromatic nitrogens is 1. The molecular formula is C25H32ClN5O3. The highest BCUT2D eigenvalue weighted by atomic mass is 35.5. The molecule has 0 saturated carbocycles. The van der Waals surface area contributed by atoms with Crippen LogP contribution in [0.15, 0.2) is 36.5 Å². The van der Waals surface area contributed by atoms with E-state index in [2.05, 4.69) is 31.1 Å². The molecule has 2 aromatic rings. The number of carbonyl (C=O) groups is 1. The lowest BCUT2D eigenvalue weighted by Gasteiger charge is -2.39. The molecule has 1 aromatic carbocycles. The largest absolute Gasteiger partial charge is 0.486 e. The van der Waals surface area contributed by atoms with E-state index in [4.69, 9.17) is 21.1 Å². The Balaban J connectivity index is 1.09. The minimum absolute atomic E-state index is 0.0526. The number of carbonyl (C=O) groups excluding carboxylic acids is 1. The molecule has 0 aliphatic carbocycles. The van der Waals surface area contributed by atoms with Gasteiger partial charge in [-0.3, -0.25) is 14.6 Å². The Morgan fingerprint density at radius 3 is 2.62 bits per heavy atom. The number of amides is 1. The average Bonchev–Trinajstić information content (AvgIpc) is 2.86. The third kappa shape index (κ3) is 5.74. The SMILES string of the molecule is O=C(CN1CCCC(CN2CCN(c3ccccn3)CC2)C1)Nc1cc2c(cc1Cl)OCCO2. The van der Waals surface area contributed by atoms with Crippen LogP contribution in [0.1, 0.15) is 12.8 Å². The van der Waals surface area contributed by atoms with Crippen molar-refractivity contribution in [2.45, 2.75) is 12.8 Å². The first-order valence-corrected chi connectivity index (χ1v) is 12.5. The van der Waals surface area contributed by atoms with Gasteiger partial charge in [0.15, 0.2) is 11.5 Å². The minimum atomic E-state index is -0.0526. The Morgan fingerprint density at radius 2 is 1.85 bits per heavy atom. The lowest BCUT2D eigenvalue weighted by atomic mass is 9.97. The van der Waals surface area contributed by atoms with Gasteiger partial charge in [0.25, 0.3) is 0 Å². The summed E-state index contributed by atoms with van der Waals surface area (Å²) in [5, 5.41) is 3.41. The number of halogens is 1. The number of likely N-dealkylation sites (tertiary alicyclic amines) is 1. The van der Waals surface area contributed by atoms with Gasteiger partial charge in [0, 0.05) is 57.6 Å². The second kappa shape index (κ2) is 10.8. The number of benzene rings is 1. The highest BCUT2D eigenvalue weighted by Crippen LogP contribution is 2.38. The van der Waals surface area contributed by atoms with Crippen molar-refractivity contribution in [1.29, 1.82) is 0 Å². The molecule has 0 spiro atoms. The van der Waals surface area contributed by atoms with E-state index in [9.17, 15) is 4.79 Å². The third-order valence-electron chi connectivity index (χ3n) is 6.74. The summed E-state index contributed by atoms with van der Waals surface area (Å²) in [5.74, 6) is 2.83. The number of nitrogens with zero attached hydrogens (tertiary/aromatic N) is 4. The minimum Gasteiger partial charge on any atom is -0.486 e. The van der Waals surface area contributed by atoms with Gasteiger partial charge in [0.2, 0.25) is 5.91 Å². The lowest BCUT2D eigenvalue weighted by Crippen LogP contribution is -2.50. The van der Waals surface area contributed by atoms with Crippen molar-refractivity contribution in [2.24, 2.45) is 5.92 Å². The molecule has 182 valence electrons. The first kappa shape index (κ1) is 23.2. The summed E-state index contributed by atoms with van der Waals surface area (Å²) in [5.41, 5.74) is 0.565. The van der Waals surface area contributed by atoms with E-state index in [1.807, 2.05) is 18.3 Å². The number of rotatable bonds is 6. The van der Waals surface area contributed by atoms with Crippen molar-refractivity contribution in [3.05, 3.63) is 41.6 Å². The van der Waals surface area contributed by atoms with Gasteiger partial charge in [0.05, 0.1) is 17.3 Å². The Hall–Kier alpha value is -2.55. The second-order valence-corrected chi connectivity index (χ2v) is 9.65. The molecule has 0 bridgehead atoms. The fourth-order valence-corrected chi connectivity index (χ4v) is 5.26. The first-order valence-electron chi connectivity index (χ1n) is 12.1. The molecule has 8 nitrogen and oxygen atoms in total. The zero-order valence-electron chi connectivity index (χ0n) is 19.4. The Labute approximate surface area is 205 Å². The van der Waals surface area contributed by atoms with E-state index in [1.54, 1.807) is 12.1 Å². The summed E-state index contributed by atoms with van der Waals surface area (Å²) in [7, 11) is 0. The lowest BCUT2D eigenvalue weighted by molar-refractivity contribution is -0.117. The van der Waals surface area contributed by atoms with Gasteiger partial charge in [-0.05, 0) is 37.4 Å². The van der Waals surface area contributed by atoms with Crippen LogP contribution in [-0.4, -0.2) is 86.3 Å². The number of fused-ring (bicyclic) bond motifs is 1. The molecule has 0 radical (unpaired) electrons. The maximum Gasteiger partial charge on any atom is 0.238 e. The van der Waals surface area contributed by atoms with Gasteiger partial charge in [0.1, 0.15) is 19.0 Å². The van der Waals surface area contributed by atoms with E-state index in [1.165, 1.54) is 6.42 Å². The van der Waals surface area contributed by atoms with Gasteiger partial charge in [-0.2, -0.15) is 0 Å². The predicted octanol–water partition coefficient (Wildman–Crippen LogP) is 2.98. The quantitative estimate of drug-likeness (QED) is 0.674. The zero-order chi connectivity index (χ0) is 23.3. The number of hydrogen-bond donors (Lipinski definition) is 1. The van der Waals surface area contributed by atoms with Crippen molar-refractivity contribution < 1.29 is 14.3 Å². The molecule has 4 heterocycles. The van der Waals surface area contributed by atoms with E-state index in [0.717, 1.165) is 58.1 Å². The first-order chi connectivity index (χ1) is 16.6. The smallest absolute Gasteiger partial charge is 0.238 e. The molecule has 3 aliphatic rings. The van der Waals surface area contributed by atoms with Crippen LogP contribution in [0.4, 0.5) is 11.5 Å². The number of nitrogens with one attached hydrogen (secondary N) is 1. The summed E-state index contributed by atoms with van der Waals surface area (Å²) in [6, 6.07) is 9.54. The molecule has 5 rings (SSSR count). The summed E-state index contributed by atoms with van der Waals surface area (Å²) in [6.45, 7) is 8.47. The van der Waals surface area contributed by atoms with Crippen LogP contribution in [-0.2, 0) is 4.79 Å². The highest BCUT2D eigenvalue weighted by molar-refractivity contribution is 6.34.